The van der Waals surface area contributed by atoms with Crippen LogP contribution >= 0.6 is 0 Å². The third-order valence-corrected chi connectivity index (χ3v) is 22.8. The topological polar surface area (TPSA) is 0 Å². The lowest BCUT2D eigenvalue weighted by atomic mass is 8.77. The van der Waals surface area contributed by atoms with E-state index < -0.39 is 0 Å². The second-order valence-corrected chi connectivity index (χ2v) is 18.6. The molecule has 0 heterocycles. The summed E-state index contributed by atoms with van der Waals surface area (Å²) in [5.41, 5.74) is 10.3. The summed E-state index contributed by atoms with van der Waals surface area (Å²) in [7, 11) is 0. The van der Waals surface area contributed by atoms with Crippen molar-refractivity contribution >= 4 is 0 Å². The molecule has 0 aromatic heterocycles. The van der Waals surface area contributed by atoms with Gasteiger partial charge in [-0.1, -0.05) is 11.6 Å². The quantitative estimate of drug-likeness (QED) is 0.515. The van der Waals surface area contributed by atoms with Gasteiger partial charge < -0.3 is 0 Å². The van der Waals surface area contributed by atoms with Crippen molar-refractivity contribution in [1.82, 2.24) is 0 Å². The van der Waals surface area contributed by atoms with Gasteiger partial charge in [-0.25, -0.2) is 0 Å². The Morgan fingerprint density at radius 2 is 1.22 bits per heavy atom. The summed E-state index contributed by atoms with van der Waals surface area (Å²) in [5, 5.41) is 0. The lowest BCUT2D eigenvalue weighted by Crippen LogP contribution is -3.23. The highest BCUT2D eigenvalue weighted by Gasteiger charge is 3.28. The van der Waals surface area contributed by atoms with Crippen LogP contribution in [0.3, 0.4) is 0 Å². The Morgan fingerprint density at radius 1 is 0.562 bits per heavy atom. The summed E-state index contributed by atoms with van der Waals surface area (Å²) in [5.74, 6) is 21.7. The van der Waals surface area contributed by atoms with Gasteiger partial charge in [0.2, 0.25) is 0 Å². The Labute approximate surface area is 187 Å². The monoisotopic (exact) mass is 412 g/mol. The summed E-state index contributed by atoms with van der Waals surface area (Å²) >= 11 is 0. The van der Waals surface area contributed by atoms with Crippen molar-refractivity contribution < 1.29 is 0 Å². The van der Waals surface area contributed by atoms with Gasteiger partial charge in [-0.3, -0.25) is 0 Å². The van der Waals surface area contributed by atoms with Gasteiger partial charge in [-0.2, -0.15) is 0 Å². The van der Waals surface area contributed by atoms with Gasteiger partial charge in [0.05, 0.1) is 0 Å². The van der Waals surface area contributed by atoms with E-state index in [0.717, 1.165) is 49.2 Å². The molecule has 17 saturated carbocycles. The highest BCUT2D eigenvalue weighted by Crippen LogP contribution is 3.31. The van der Waals surface area contributed by atoms with E-state index in [9.17, 15) is 0 Å². The molecule has 18 rings (SSSR count). The van der Waals surface area contributed by atoms with Gasteiger partial charge in [0.15, 0.2) is 0 Å². The minimum Gasteiger partial charge on any atom is -0.0804 e. The van der Waals surface area contributed by atoms with Crippen LogP contribution in [0.2, 0.25) is 0 Å². The standard InChI is InChI=1S/C32H28/c1-7-2-13-17-22-20-24-23-19-15-4-8-3-14-18-21-16-9-6-25(20,30(16,24)32(21,23)31(18,19)27(8,14)15)28(22)10(9)5-12-11(1)26(7,13)29(12,17)28/h5,7-9,11-24H,1-4,6H2. The van der Waals surface area contributed by atoms with Crippen molar-refractivity contribution in [2.45, 2.75) is 32.1 Å². The van der Waals surface area contributed by atoms with E-state index in [-0.39, 0.29) is 0 Å². The molecule has 25 atom stereocenters. The lowest BCUT2D eigenvalue weighted by molar-refractivity contribution is -0.799. The molecular formula is C32H28. The average Bonchev–Trinajstić information content (AvgIpc) is 3.21. The summed E-state index contributed by atoms with van der Waals surface area (Å²) in [6, 6.07) is 0. The van der Waals surface area contributed by atoms with Crippen LogP contribution in [-0.4, -0.2) is 0 Å². The highest BCUT2D eigenvalue weighted by atomic mass is 15.3. The molecule has 0 radical (unpaired) electrons. The van der Waals surface area contributed by atoms with E-state index in [4.69, 9.17) is 0 Å². The number of hydrogen-bond acceptors (Lipinski definition) is 0. The first-order valence-corrected chi connectivity index (χ1v) is 15.6. The number of rotatable bonds is 0. The van der Waals surface area contributed by atoms with E-state index in [1.54, 1.807) is 32.1 Å². The predicted molar refractivity (Wildman–Crippen MR) is 110 cm³/mol. The molecule has 0 aliphatic heterocycles. The van der Waals surface area contributed by atoms with Crippen LogP contribution in [0, 0.1) is 144 Å². The number of hydrogen-bond donors (Lipinski definition) is 0. The van der Waals surface area contributed by atoms with E-state index in [1.165, 1.54) is 94.7 Å². The normalized spacial score (nSPS) is 111. The fourth-order valence-corrected chi connectivity index (χ4v) is 25.9. The lowest BCUT2D eigenvalue weighted by Gasteiger charge is -3.26. The Hall–Kier alpha value is -0.260. The van der Waals surface area contributed by atoms with Crippen molar-refractivity contribution in [2.75, 3.05) is 0 Å². The summed E-state index contributed by atoms with van der Waals surface area (Å²) in [4.78, 5) is 0. The van der Waals surface area contributed by atoms with Crippen molar-refractivity contribution in [3.8, 4) is 0 Å². The van der Waals surface area contributed by atoms with Gasteiger partial charge in [-0.15, -0.1) is 0 Å². The molecule has 25 unspecified atom stereocenters. The maximum atomic E-state index is 3.15. The van der Waals surface area contributed by atoms with Crippen molar-refractivity contribution in [3.05, 3.63) is 11.6 Å². The molecule has 18 aliphatic rings. The van der Waals surface area contributed by atoms with Crippen molar-refractivity contribution in [1.29, 1.82) is 0 Å². The molecule has 0 aromatic carbocycles. The van der Waals surface area contributed by atoms with Crippen LogP contribution in [0.4, 0.5) is 0 Å². The molecular weight excluding hydrogens is 384 g/mol. The maximum Gasteiger partial charge on any atom is 0.00848 e. The van der Waals surface area contributed by atoms with E-state index in [0.29, 0.717) is 0 Å². The Bertz CT molecular complexity index is 1520. The average molecular weight is 413 g/mol. The smallest absolute Gasteiger partial charge is 0.00848 e. The molecule has 2 bridgehead atoms. The Kier molecular flexibility index (Phi) is 0.924. The fourth-order valence-electron chi connectivity index (χ4n) is 25.9. The number of fused-ring (bicyclic) bond motifs is 14. The molecule has 0 heteroatoms. The van der Waals surface area contributed by atoms with E-state index in [2.05, 4.69) is 11.6 Å². The highest BCUT2D eigenvalue weighted by molar-refractivity contribution is 5.78. The zero-order valence-corrected chi connectivity index (χ0v) is 18.4. The molecule has 0 amide bonds. The third kappa shape index (κ3) is 0.420. The summed E-state index contributed by atoms with van der Waals surface area (Å²) < 4.78 is 0. The van der Waals surface area contributed by atoms with Gasteiger partial charge >= 0.3 is 0 Å². The first-order chi connectivity index (χ1) is 15.8. The zero-order chi connectivity index (χ0) is 18.6. The molecule has 32 heavy (non-hydrogen) atoms. The zero-order valence-electron chi connectivity index (χ0n) is 18.4. The van der Waals surface area contributed by atoms with Crippen LogP contribution < -0.4 is 0 Å². The Morgan fingerprint density at radius 3 is 2.00 bits per heavy atom. The SMILES string of the molecule is C1=C2C3CC45C(C6C7C8CC9CC%10C1C7(C9%108)C264)C1C2C4C6CC7CC8C9C%10C3C15C%102C94C786. The maximum absolute atomic E-state index is 3.15. The first kappa shape index (κ1) is 12.6. The van der Waals surface area contributed by atoms with Gasteiger partial charge in [0, 0.05) is 5.41 Å². The second kappa shape index (κ2) is 2.34. The van der Waals surface area contributed by atoms with Gasteiger partial charge in [0.25, 0.3) is 0 Å². The fraction of sp³-hybridized carbons (Fsp3) is 0.938. The summed E-state index contributed by atoms with van der Waals surface area (Å²) in [6.07, 6.45) is 11.8. The van der Waals surface area contributed by atoms with Gasteiger partial charge in [-0.05, 0) is 171 Å². The van der Waals surface area contributed by atoms with E-state index in [1.807, 2.05) is 0 Å². The molecule has 0 N–H and O–H groups in total. The molecule has 0 aromatic rings. The predicted octanol–water partition coefficient (Wildman–Crippen LogP) is 4.47. The largest absolute Gasteiger partial charge is 0.0804 e. The van der Waals surface area contributed by atoms with Crippen LogP contribution in [-0.2, 0) is 0 Å². The molecule has 18 aliphatic carbocycles. The Balaban J connectivity index is 0.994. The minimum atomic E-state index is 0.907. The van der Waals surface area contributed by atoms with Crippen LogP contribution in [0.25, 0.3) is 0 Å². The van der Waals surface area contributed by atoms with Gasteiger partial charge in [0.1, 0.15) is 0 Å². The molecule has 0 nitrogen and oxygen atoms in total. The van der Waals surface area contributed by atoms with Crippen LogP contribution in [0.15, 0.2) is 11.6 Å². The molecule has 17 fully saturated rings. The van der Waals surface area contributed by atoms with Crippen LogP contribution in [0.1, 0.15) is 32.1 Å². The molecule has 0 saturated heterocycles. The molecule has 8 spiro atoms. The van der Waals surface area contributed by atoms with Crippen molar-refractivity contribution in [3.63, 3.8) is 0 Å². The third-order valence-electron chi connectivity index (χ3n) is 22.8. The van der Waals surface area contributed by atoms with E-state index >= 15 is 0 Å². The number of allylic oxidation sites excluding steroid dienone is 2. The second-order valence-electron chi connectivity index (χ2n) is 18.6. The first-order valence-electron chi connectivity index (χ1n) is 15.6. The van der Waals surface area contributed by atoms with Crippen molar-refractivity contribution in [2.24, 2.45) is 144 Å². The van der Waals surface area contributed by atoms with Crippen LogP contribution in [0.5, 0.6) is 0 Å². The molecule has 156 valence electrons. The summed E-state index contributed by atoms with van der Waals surface area (Å²) in [6.45, 7) is 0. The minimum absolute atomic E-state index is 0.907.